The second kappa shape index (κ2) is 12.1. The first-order valence-corrected chi connectivity index (χ1v) is 15.5. The van der Waals surface area contributed by atoms with Crippen LogP contribution in [0.2, 0.25) is 0 Å². The van der Waals surface area contributed by atoms with E-state index in [1.54, 1.807) is 44.6 Å². The normalized spacial score (nSPS) is 18.0. The summed E-state index contributed by atoms with van der Waals surface area (Å²) in [5.74, 6) is 0.846. The van der Waals surface area contributed by atoms with Gasteiger partial charge in [-0.15, -0.1) is 0 Å². The van der Waals surface area contributed by atoms with Gasteiger partial charge < -0.3 is 28.4 Å². The van der Waals surface area contributed by atoms with E-state index in [0.29, 0.717) is 46.8 Å². The summed E-state index contributed by atoms with van der Waals surface area (Å²) in [6.07, 6.45) is 1.64. The van der Waals surface area contributed by atoms with Gasteiger partial charge in [-0.1, -0.05) is 12.1 Å². The molecule has 3 aromatic rings. The smallest absolute Gasteiger partial charge is 0.261 e. The maximum Gasteiger partial charge on any atom is 0.261 e. The SMILES string of the molecule is COc1cc([C@@H]2CC[C@@H](c3cc(OC)c(OCCN4C(=O)c5ccccc5C4=O)c(S(C)(=O)=O)c3)O2)cc(OC)c1OC. The molecule has 2 amide bonds. The van der Waals surface area contributed by atoms with Crippen LogP contribution in [0.25, 0.3) is 0 Å². The second-order valence-corrected chi connectivity index (χ2v) is 12.1. The number of methoxy groups -OCH3 is 4. The molecule has 0 N–H and O–H groups in total. The first-order chi connectivity index (χ1) is 20.6. The summed E-state index contributed by atoms with van der Waals surface area (Å²) in [5, 5.41) is 0. The van der Waals surface area contributed by atoms with Crippen molar-refractivity contribution in [2.24, 2.45) is 0 Å². The number of hydrogen-bond donors (Lipinski definition) is 0. The van der Waals surface area contributed by atoms with Crippen LogP contribution in [0.1, 0.15) is 56.9 Å². The highest BCUT2D eigenvalue weighted by molar-refractivity contribution is 7.90. The van der Waals surface area contributed by atoms with Crippen molar-refractivity contribution in [3.8, 4) is 28.7 Å². The summed E-state index contributed by atoms with van der Waals surface area (Å²) in [7, 11) is 2.26. The zero-order chi connectivity index (χ0) is 30.9. The maximum absolute atomic E-state index is 12.9. The predicted octanol–water partition coefficient (Wildman–Crippen LogP) is 4.39. The van der Waals surface area contributed by atoms with Gasteiger partial charge in [-0.3, -0.25) is 14.5 Å². The number of carbonyl (C=O) groups is 2. The molecule has 3 aromatic carbocycles. The third kappa shape index (κ3) is 5.72. The van der Waals surface area contributed by atoms with Gasteiger partial charge in [-0.2, -0.15) is 0 Å². The zero-order valence-corrected chi connectivity index (χ0v) is 25.4. The fraction of sp³-hybridized carbons (Fsp3) is 0.355. The molecule has 0 aliphatic carbocycles. The van der Waals surface area contributed by atoms with Crippen LogP contribution in [0.5, 0.6) is 28.7 Å². The van der Waals surface area contributed by atoms with Gasteiger partial charge in [0.05, 0.1) is 58.3 Å². The van der Waals surface area contributed by atoms with Gasteiger partial charge in [0.25, 0.3) is 11.8 Å². The summed E-state index contributed by atoms with van der Waals surface area (Å²) < 4.78 is 60.1. The van der Waals surface area contributed by atoms with Crippen LogP contribution in [0.4, 0.5) is 0 Å². The van der Waals surface area contributed by atoms with Crippen LogP contribution in [0.15, 0.2) is 53.4 Å². The van der Waals surface area contributed by atoms with Crippen LogP contribution in [-0.2, 0) is 14.6 Å². The van der Waals surface area contributed by atoms with Crippen LogP contribution in [0, 0.1) is 0 Å². The van der Waals surface area contributed by atoms with E-state index < -0.39 is 27.8 Å². The quantitative estimate of drug-likeness (QED) is 0.288. The van der Waals surface area contributed by atoms with E-state index in [0.717, 1.165) is 16.7 Å². The van der Waals surface area contributed by atoms with E-state index in [2.05, 4.69) is 0 Å². The van der Waals surface area contributed by atoms with E-state index in [4.69, 9.17) is 28.4 Å². The van der Waals surface area contributed by atoms with Crippen molar-refractivity contribution in [1.29, 1.82) is 0 Å². The van der Waals surface area contributed by atoms with Crippen molar-refractivity contribution >= 4 is 21.7 Å². The molecule has 0 spiro atoms. The highest BCUT2D eigenvalue weighted by Gasteiger charge is 2.36. The molecule has 0 radical (unpaired) electrons. The van der Waals surface area contributed by atoms with Crippen molar-refractivity contribution in [2.75, 3.05) is 47.8 Å². The molecule has 1 saturated heterocycles. The van der Waals surface area contributed by atoms with Crippen molar-refractivity contribution in [3.63, 3.8) is 0 Å². The lowest BCUT2D eigenvalue weighted by atomic mass is 10.0. The third-order valence-electron chi connectivity index (χ3n) is 7.55. The van der Waals surface area contributed by atoms with Crippen LogP contribution in [0.3, 0.4) is 0 Å². The van der Waals surface area contributed by atoms with Crippen molar-refractivity contribution in [3.05, 3.63) is 70.8 Å². The van der Waals surface area contributed by atoms with Gasteiger partial charge in [0, 0.05) is 6.26 Å². The Morgan fingerprint density at radius 2 is 1.26 bits per heavy atom. The Balaban J connectivity index is 1.37. The molecule has 2 aliphatic heterocycles. The van der Waals surface area contributed by atoms with Gasteiger partial charge in [0.1, 0.15) is 11.5 Å². The first-order valence-electron chi connectivity index (χ1n) is 13.6. The number of carbonyl (C=O) groups excluding carboxylic acids is 2. The van der Waals surface area contributed by atoms with Crippen molar-refractivity contribution in [2.45, 2.75) is 29.9 Å². The molecular formula is C31H33NO10S. The highest BCUT2D eigenvalue weighted by atomic mass is 32.2. The number of amides is 2. The number of sulfone groups is 1. The summed E-state index contributed by atoms with van der Waals surface area (Å²) in [6.45, 7) is -0.199. The van der Waals surface area contributed by atoms with Gasteiger partial charge in [0.2, 0.25) is 5.75 Å². The number of benzene rings is 3. The monoisotopic (exact) mass is 611 g/mol. The average Bonchev–Trinajstić information content (AvgIpc) is 3.59. The maximum atomic E-state index is 12.9. The minimum atomic E-state index is -3.78. The zero-order valence-electron chi connectivity index (χ0n) is 24.5. The minimum absolute atomic E-state index is 0.00420. The standard InChI is InChI=1S/C31H33NO10S/c1-37-24-14-18(15-25(38-2)28(24)40-4)22-10-11-23(42-22)19-16-26(39-3)29(27(17-19)43(5,35)36)41-13-12-32-30(33)20-8-6-7-9-21(20)31(32)34/h6-9,14-17,22-23H,10-13H2,1-5H3/t22-,23-/m0/s1. The fourth-order valence-corrected chi connectivity index (χ4v) is 6.29. The van der Waals surface area contributed by atoms with Crippen LogP contribution >= 0.6 is 0 Å². The highest BCUT2D eigenvalue weighted by Crippen LogP contribution is 2.48. The Labute approximate surface area is 250 Å². The molecule has 11 nitrogen and oxygen atoms in total. The van der Waals surface area contributed by atoms with Gasteiger partial charge in [0.15, 0.2) is 32.8 Å². The van der Waals surface area contributed by atoms with Crippen molar-refractivity contribution < 1.29 is 46.4 Å². The lowest BCUT2D eigenvalue weighted by Crippen LogP contribution is -2.33. The second-order valence-electron chi connectivity index (χ2n) is 10.1. The van der Waals surface area contributed by atoms with Crippen LogP contribution < -0.4 is 23.7 Å². The summed E-state index contributed by atoms with van der Waals surface area (Å²) in [4.78, 5) is 26.4. The average molecular weight is 612 g/mol. The molecular weight excluding hydrogens is 578 g/mol. The van der Waals surface area contributed by atoms with E-state index in [1.807, 2.05) is 12.1 Å². The molecule has 2 aliphatic rings. The Morgan fingerprint density at radius 1 is 0.767 bits per heavy atom. The number of ether oxygens (including phenoxy) is 6. The number of rotatable bonds is 11. The largest absolute Gasteiger partial charge is 0.493 e. The lowest BCUT2D eigenvalue weighted by molar-refractivity contribution is 0.0434. The Bertz CT molecular complexity index is 1610. The molecule has 0 unspecified atom stereocenters. The van der Waals surface area contributed by atoms with E-state index in [9.17, 15) is 18.0 Å². The van der Waals surface area contributed by atoms with Gasteiger partial charge in [-0.05, 0) is 60.4 Å². The summed E-state index contributed by atoms with van der Waals surface area (Å²) >= 11 is 0. The number of nitrogens with zero attached hydrogens (tertiary/aromatic N) is 1. The van der Waals surface area contributed by atoms with E-state index in [-0.39, 0.29) is 35.7 Å². The molecule has 0 saturated carbocycles. The third-order valence-corrected chi connectivity index (χ3v) is 8.65. The fourth-order valence-electron chi connectivity index (χ4n) is 5.45. The molecule has 12 heteroatoms. The molecule has 0 bridgehead atoms. The van der Waals surface area contributed by atoms with E-state index in [1.165, 1.54) is 20.3 Å². The summed E-state index contributed by atoms with van der Waals surface area (Å²) in [6, 6.07) is 13.5. The topological polar surface area (TPSA) is 127 Å². The Morgan fingerprint density at radius 3 is 1.72 bits per heavy atom. The lowest BCUT2D eigenvalue weighted by Gasteiger charge is -2.21. The van der Waals surface area contributed by atoms with Crippen LogP contribution in [-0.4, -0.2) is 73.0 Å². The minimum Gasteiger partial charge on any atom is -0.493 e. The first kappa shape index (κ1) is 30.2. The number of hydrogen-bond acceptors (Lipinski definition) is 10. The summed E-state index contributed by atoms with van der Waals surface area (Å²) in [5.41, 5.74) is 2.10. The van der Waals surface area contributed by atoms with E-state index >= 15 is 0 Å². The van der Waals surface area contributed by atoms with Gasteiger partial charge >= 0.3 is 0 Å². The molecule has 0 aromatic heterocycles. The number of imide groups is 1. The molecule has 43 heavy (non-hydrogen) atoms. The molecule has 2 heterocycles. The molecule has 2 atom stereocenters. The molecule has 228 valence electrons. The van der Waals surface area contributed by atoms with Gasteiger partial charge in [-0.25, -0.2) is 8.42 Å². The number of fused-ring (bicyclic) bond motifs is 1. The Kier molecular flexibility index (Phi) is 8.52. The predicted molar refractivity (Wildman–Crippen MR) is 155 cm³/mol. The Hall–Kier alpha value is -4.29. The van der Waals surface area contributed by atoms with Crippen molar-refractivity contribution in [1.82, 2.24) is 4.90 Å². The molecule has 5 rings (SSSR count). The molecule has 1 fully saturated rings.